The molecule has 3 fully saturated rings. The summed E-state index contributed by atoms with van der Waals surface area (Å²) in [4.78, 5) is 48.5. The number of hydrogen-bond acceptors (Lipinski definition) is 11. The van der Waals surface area contributed by atoms with Crippen LogP contribution >= 0.6 is 0 Å². The van der Waals surface area contributed by atoms with Crippen molar-refractivity contribution in [2.45, 2.75) is 83.4 Å². The zero-order chi connectivity index (χ0) is 35.7. The number of amides is 1. The molecule has 3 heterocycles. The van der Waals surface area contributed by atoms with Gasteiger partial charge in [-0.3, -0.25) is 9.69 Å². The van der Waals surface area contributed by atoms with Crippen LogP contribution in [0.2, 0.25) is 0 Å². The fraction of sp³-hybridized carbons (Fsp3) is 0.571. The second-order valence-electron chi connectivity index (χ2n) is 13.5. The number of carboxylic acids is 2. The Labute approximate surface area is 288 Å². The van der Waals surface area contributed by atoms with Crippen LogP contribution in [-0.2, 0) is 16.0 Å². The number of primary amides is 1. The van der Waals surface area contributed by atoms with E-state index >= 15 is 0 Å². The number of hydrogen-bond donors (Lipinski definition) is 6. The minimum Gasteiger partial charge on any atom is -0.478 e. The van der Waals surface area contributed by atoms with Gasteiger partial charge in [-0.25, -0.2) is 19.6 Å². The third kappa shape index (κ3) is 10.9. The molecule has 268 valence electrons. The van der Waals surface area contributed by atoms with Crippen molar-refractivity contribution in [3.05, 3.63) is 47.3 Å². The van der Waals surface area contributed by atoms with Gasteiger partial charge in [0.05, 0.1) is 11.3 Å². The van der Waals surface area contributed by atoms with Crippen molar-refractivity contribution in [1.82, 2.24) is 19.8 Å². The number of rotatable bonds is 10. The second-order valence-corrected chi connectivity index (χ2v) is 13.5. The Kier molecular flexibility index (Phi) is 13.0. The highest BCUT2D eigenvalue weighted by atomic mass is 16.4. The minimum absolute atomic E-state index is 0.145. The molecule has 14 nitrogen and oxygen atoms in total. The number of piperazine rings is 1. The van der Waals surface area contributed by atoms with E-state index in [0.717, 1.165) is 57.5 Å². The molecule has 0 radical (unpaired) electrons. The largest absolute Gasteiger partial charge is 0.478 e. The summed E-state index contributed by atoms with van der Waals surface area (Å²) < 4.78 is 0. The number of aromatic nitrogens is 2. The number of anilines is 4. The number of likely N-dealkylation sites (N-methyl/N-ethyl adjacent to an activating group) is 1. The summed E-state index contributed by atoms with van der Waals surface area (Å²) >= 11 is 0. The molecule has 14 heteroatoms. The van der Waals surface area contributed by atoms with Crippen LogP contribution in [0.5, 0.6) is 0 Å². The maximum absolute atomic E-state index is 12.4. The molecule has 0 bridgehead atoms. The van der Waals surface area contributed by atoms with Gasteiger partial charge in [-0.1, -0.05) is 6.92 Å². The van der Waals surface area contributed by atoms with Gasteiger partial charge in [0.25, 0.3) is 5.91 Å². The number of carbonyl (C=O) groups is 3. The number of aliphatic carboxylic acids is 2. The summed E-state index contributed by atoms with van der Waals surface area (Å²) in [6, 6.07) is 7.20. The molecular formula is C35H52N8O6. The number of nitrogens with zero attached hydrogens (tertiary/aromatic N) is 5. The zero-order valence-corrected chi connectivity index (χ0v) is 29.1. The van der Waals surface area contributed by atoms with E-state index in [-0.39, 0.29) is 11.7 Å². The van der Waals surface area contributed by atoms with E-state index in [2.05, 4.69) is 56.4 Å². The van der Waals surface area contributed by atoms with E-state index < -0.39 is 23.4 Å². The van der Waals surface area contributed by atoms with Crippen LogP contribution in [0.1, 0.15) is 74.1 Å². The van der Waals surface area contributed by atoms with Gasteiger partial charge in [0.2, 0.25) is 0 Å². The molecule has 0 spiro atoms. The highest BCUT2D eigenvalue weighted by Crippen LogP contribution is 2.32. The van der Waals surface area contributed by atoms with Crippen molar-refractivity contribution in [3.63, 3.8) is 0 Å². The number of carboxylic acid groups (broad SMARTS) is 2. The molecule has 1 saturated carbocycles. The Hall–Kier alpha value is -4.27. The Morgan fingerprint density at radius 2 is 1.57 bits per heavy atom. The van der Waals surface area contributed by atoms with Gasteiger partial charge in [-0.2, -0.15) is 0 Å². The van der Waals surface area contributed by atoms with Crippen LogP contribution in [-0.4, -0.2) is 117 Å². The lowest BCUT2D eigenvalue weighted by atomic mass is 9.83. The topological polar surface area (TPSA) is 197 Å². The van der Waals surface area contributed by atoms with Crippen molar-refractivity contribution in [2.24, 2.45) is 5.73 Å². The number of aryl methyl sites for hydroxylation is 2. The van der Waals surface area contributed by atoms with Gasteiger partial charge in [0.1, 0.15) is 5.82 Å². The van der Waals surface area contributed by atoms with Crippen molar-refractivity contribution in [2.75, 3.05) is 61.8 Å². The summed E-state index contributed by atoms with van der Waals surface area (Å²) in [6.45, 7) is 12.8. The van der Waals surface area contributed by atoms with Gasteiger partial charge in [0.15, 0.2) is 11.5 Å². The Morgan fingerprint density at radius 1 is 0.959 bits per heavy atom. The molecule has 1 aromatic heterocycles. The molecule has 0 atom stereocenters. The van der Waals surface area contributed by atoms with Gasteiger partial charge < -0.3 is 41.5 Å². The molecular weight excluding hydrogens is 628 g/mol. The fourth-order valence-electron chi connectivity index (χ4n) is 6.69. The monoisotopic (exact) mass is 680 g/mol. The predicted octanol–water partition coefficient (Wildman–Crippen LogP) is 3.22. The third-order valence-corrected chi connectivity index (χ3v) is 9.63. The van der Waals surface area contributed by atoms with Gasteiger partial charge >= 0.3 is 11.9 Å². The molecule has 1 aromatic carbocycles. The van der Waals surface area contributed by atoms with E-state index in [0.29, 0.717) is 41.9 Å². The molecule has 2 aliphatic heterocycles. The first-order valence-electron chi connectivity index (χ1n) is 17.1. The first kappa shape index (κ1) is 37.5. The van der Waals surface area contributed by atoms with Crippen LogP contribution in [0.3, 0.4) is 0 Å². The minimum atomic E-state index is -1.26. The quantitative estimate of drug-likeness (QED) is 0.200. The average Bonchev–Trinajstić information content (AvgIpc) is 3.06. The number of piperidine rings is 1. The van der Waals surface area contributed by atoms with E-state index in [1.54, 1.807) is 0 Å². The maximum atomic E-state index is 12.4. The number of aliphatic hydroxyl groups is 1. The summed E-state index contributed by atoms with van der Waals surface area (Å²) in [5.41, 5.74) is 9.27. The normalized spacial score (nSPS) is 22.3. The summed E-state index contributed by atoms with van der Waals surface area (Å²) in [5, 5.41) is 32.8. The summed E-state index contributed by atoms with van der Waals surface area (Å²) in [6.07, 6.45) is 7.31. The maximum Gasteiger partial charge on any atom is 0.328 e. The SMILES string of the molecule is CCc1nc(C(N)=O)c(Nc2ccc(N3CCC(N4CCN(C)CC4)CC3)c(C)c2)nc1NC1CCC(C)(O)CC1.O=C(O)/C=C/C(=O)O. The fourth-order valence-corrected chi connectivity index (χ4v) is 6.69. The van der Waals surface area contributed by atoms with Crippen molar-refractivity contribution >= 4 is 40.9 Å². The molecule has 49 heavy (non-hydrogen) atoms. The van der Waals surface area contributed by atoms with E-state index in [1.807, 2.05) is 19.9 Å². The summed E-state index contributed by atoms with van der Waals surface area (Å²) in [5.74, 6) is -2.09. The van der Waals surface area contributed by atoms with Crippen LogP contribution in [0.4, 0.5) is 23.0 Å². The molecule has 2 saturated heterocycles. The smallest absolute Gasteiger partial charge is 0.328 e. The van der Waals surface area contributed by atoms with Gasteiger partial charge in [-0.05, 0) is 89.6 Å². The van der Waals surface area contributed by atoms with Crippen LogP contribution in [0.15, 0.2) is 30.4 Å². The van der Waals surface area contributed by atoms with E-state index in [9.17, 15) is 19.5 Å². The highest BCUT2D eigenvalue weighted by Gasteiger charge is 2.30. The third-order valence-electron chi connectivity index (χ3n) is 9.63. The van der Waals surface area contributed by atoms with Crippen molar-refractivity contribution in [3.8, 4) is 0 Å². The highest BCUT2D eigenvalue weighted by molar-refractivity contribution is 5.96. The molecule has 3 aliphatic rings. The number of benzene rings is 1. The molecule has 7 N–H and O–H groups in total. The van der Waals surface area contributed by atoms with E-state index in [4.69, 9.17) is 20.9 Å². The number of nitrogens with two attached hydrogens (primary N) is 1. The van der Waals surface area contributed by atoms with Crippen molar-refractivity contribution < 1.29 is 29.7 Å². The van der Waals surface area contributed by atoms with Crippen molar-refractivity contribution in [1.29, 1.82) is 0 Å². The molecule has 2 aromatic rings. The zero-order valence-electron chi connectivity index (χ0n) is 29.1. The first-order chi connectivity index (χ1) is 23.2. The molecule has 1 aliphatic carbocycles. The van der Waals surface area contributed by atoms with Gasteiger partial charge in [0, 0.05) is 74.9 Å². The van der Waals surface area contributed by atoms with Crippen LogP contribution in [0, 0.1) is 6.92 Å². The van der Waals surface area contributed by atoms with E-state index in [1.165, 1.54) is 37.2 Å². The Balaban J connectivity index is 0.000000603. The predicted molar refractivity (Wildman–Crippen MR) is 190 cm³/mol. The van der Waals surface area contributed by atoms with Gasteiger partial charge in [-0.15, -0.1) is 0 Å². The lowest BCUT2D eigenvalue weighted by Gasteiger charge is -2.43. The molecule has 5 rings (SSSR count). The Bertz CT molecular complexity index is 1470. The first-order valence-corrected chi connectivity index (χ1v) is 17.1. The standard InChI is InChI=1S/C31H48N8O2.C4H4O4/c1-5-25-29(33-22-8-12-31(3,41)13-9-22)36-30(27(35-25)28(32)40)34-23-6-7-26(21(2)20-23)39-14-10-24(11-15-39)38-18-16-37(4)17-19-38;5-3(6)1-2-4(7)8/h6-7,20,22,24,41H,5,8-19H2,1-4H3,(H2,32,40)(H2,33,34,36);1-2H,(H,5,6)(H,7,8)/b;2-1+. The molecule has 1 amide bonds. The lowest BCUT2D eigenvalue weighted by molar-refractivity contribution is -0.134. The summed E-state index contributed by atoms with van der Waals surface area (Å²) in [7, 11) is 2.21. The number of carbonyl (C=O) groups excluding carboxylic acids is 1. The number of nitrogens with one attached hydrogen (secondary N) is 2. The van der Waals surface area contributed by atoms with Crippen LogP contribution in [0.25, 0.3) is 0 Å². The Morgan fingerprint density at radius 3 is 2.10 bits per heavy atom. The average molecular weight is 681 g/mol. The second kappa shape index (κ2) is 16.9. The van der Waals surface area contributed by atoms with Crippen LogP contribution < -0.4 is 21.3 Å². The molecule has 0 unspecified atom stereocenters. The lowest BCUT2D eigenvalue weighted by Crippen LogP contribution is -2.52.